The molecule has 0 spiro atoms. The van der Waals surface area contributed by atoms with Crippen molar-refractivity contribution in [2.75, 3.05) is 33.0 Å². The second-order valence-electron chi connectivity index (χ2n) is 14.3. The molecule has 1 unspecified atom stereocenters. The quantitative estimate of drug-likeness (QED) is 0.194. The molecule has 1 atom stereocenters. The Labute approximate surface area is 276 Å². The van der Waals surface area contributed by atoms with E-state index in [2.05, 4.69) is 50.5 Å². The summed E-state index contributed by atoms with van der Waals surface area (Å²) in [5, 5.41) is 5.83. The van der Waals surface area contributed by atoms with Gasteiger partial charge in [0.25, 0.3) is 0 Å². The lowest BCUT2D eigenvalue weighted by atomic mass is 9.93. The van der Waals surface area contributed by atoms with Crippen LogP contribution in [0.2, 0.25) is 0 Å². The summed E-state index contributed by atoms with van der Waals surface area (Å²) >= 11 is 0. The van der Waals surface area contributed by atoms with Gasteiger partial charge in [-0.3, -0.25) is 4.79 Å². The number of aryl methyl sites for hydroxylation is 2. The molecule has 1 aliphatic rings. The van der Waals surface area contributed by atoms with Crippen molar-refractivity contribution in [3.8, 4) is 0 Å². The van der Waals surface area contributed by atoms with E-state index >= 15 is 0 Å². The number of nitrogens with zero attached hydrogens (tertiary/aromatic N) is 1. The van der Waals surface area contributed by atoms with Gasteiger partial charge in [-0.25, -0.2) is 9.59 Å². The van der Waals surface area contributed by atoms with Crippen LogP contribution in [0.15, 0.2) is 48.5 Å². The van der Waals surface area contributed by atoms with Gasteiger partial charge in [0, 0.05) is 12.1 Å². The lowest BCUT2D eigenvalue weighted by Crippen LogP contribution is -2.59. The van der Waals surface area contributed by atoms with E-state index in [1.807, 2.05) is 56.0 Å². The first-order valence-electron chi connectivity index (χ1n) is 16.4. The highest BCUT2D eigenvalue weighted by molar-refractivity contribution is 5.98. The SMILES string of the molecule is CCCCCNC(=O)N1C(c2ccccc2C)COCC1(C)C.Cc1ccccc1C(=O)COCC(C)(C)NC(=O)OC(C)(C)C. The Morgan fingerprint density at radius 3 is 2.20 bits per heavy atom. The average Bonchev–Trinajstić information content (AvgIpc) is 2.94. The first kappa shape index (κ1) is 38.8. The van der Waals surface area contributed by atoms with Crippen LogP contribution < -0.4 is 10.6 Å². The van der Waals surface area contributed by atoms with Crippen LogP contribution in [-0.4, -0.2) is 72.5 Å². The number of unbranched alkanes of at least 4 members (excludes halogenated alkanes) is 2. The summed E-state index contributed by atoms with van der Waals surface area (Å²) in [6.45, 7) is 21.4. The zero-order valence-electron chi connectivity index (χ0n) is 29.7. The maximum atomic E-state index is 12.8. The van der Waals surface area contributed by atoms with E-state index in [0.29, 0.717) is 18.8 Å². The highest BCUT2D eigenvalue weighted by atomic mass is 16.6. The fourth-order valence-corrected chi connectivity index (χ4v) is 5.23. The maximum Gasteiger partial charge on any atom is 0.408 e. The van der Waals surface area contributed by atoms with Crippen LogP contribution >= 0.6 is 0 Å². The molecule has 0 aromatic heterocycles. The van der Waals surface area contributed by atoms with Crippen molar-refractivity contribution in [2.45, 2.75) is 111 Å². The van der Waals surface area contributed by atoms with Crippen molar-refractivity contribution < 1.29 is 28.6 Å². The van der Waals surface area contributed by atoms with Crippen LogP contribution in [0.3, 0.4) is 0 Å². The molecule has 0 aliphatic carbocycles. The summed E-state index contributed by atoms with van der Waals surface area (Å²) in [6, 6.07) is 15.6. The number of carbonyl (C=O) groups excluding carboxylic acids is 3. The Hall–Kier alpha value is -3.43. The van der Waals surface area contributed by atoms with Crippen molar-refractivity contribution >= 4 is 17.9 Å². The van der Waals surface area contributed by atoms with Crippen molar-refractivity contribution in [2.24, 2.45) is 0 Å². The summed E-state index contributed by atoms with van der Waals surface area (Å²) in [6.07, 6.45) is 2.83. The minimum atomic E-state index is -0.631. The number of amides is 3. The minimum Gasteiger partial charge on any atom is -0.444 e. The fraction of sp³-hybridized carbons (Fsp3) is 0.595. The van der Waals surface area contributed by atoms with Gasteiger partial charge in [-0.15, -0.1) is 0 Å². The highest BCUT2D eigenvalue weighted by Gasteiger charge is 2.41. The van der Waals surface area contributed by atoms with Crippen LogP contribution in [0.25, 0.3) is 0 Å². The van der Waals surface area contributed by atoms with Gasteiger partial charge in [-0.2, -0.15) is 0 Å². The van der Waals surface area contributed by atoms with E-state index in [1.165, 1.54) is 11.1 Å². The van der Waals surface area contributed by atoms with E-state index < -0.39 is 17.2 Å². The first-order chi connectivity index (χ1) is 21.5. The first-order valence-corrected chi connectivity index (χ1v) is 16.4. The number of hydrogen-bond donors (Lipinski definition) is 2. The number of rotatable bonds is 11. The molecule has 2 N–H and O–H groups in total. The molecule has 1 aliphatic heterocycles. The molecule has 256 valence electrons. The van der Waals surface area contributed by atoms with Gasteiger partial charge in [0.15, 0.2) is 5.78 Å². The van der Waals surface area contributed by atoms with Crippen molar-refractivity contribution in [1.29, 1.82) is 0 Å². The number of ketones is 1. The van der Waals surface area contributed by atoms with Gasteiger partial charge >= 0.3 is 12.1 Å². The molecule has 0 radical (unpaired) electrons. The fourth-order valence-electron chi connectivity index (χ4n) is 5.23. The molecule has 2 aromatic rings. The van der Waals surface area contributed by atoms with Gasteiger partial charge in [0.05, 0.1) is 36.9 Å². The zero-order valence-corrected chi connectivity index (χ0v) is 29.7. The third kappa shape index (κ3) is 12.8. The Bertz CT molecular complexity index is 1280. The summed E-state index contributed by atoms with van der Waals surface area (Å²) in [5.74, 6) is -0.0730. The van der Waals surface area contributed by atoms with Gasteiger partial charge in [-0.05, 0) is 85.4 Å². The van der Waals surface area contributed by atoms with E-state index in [1.54, 1.807) is 26.8 Å². The molecule has 46 heavy (non-hydrogen) atoms. The van der Waals surface area contributed by atoms with Crippen molar-refractivity contribution in [3.63, 3.8) is 0 Å². The Kier molecular flexibility index (Phi) is 14.7. The Morgan fingerprint density at radius 2 is 1.59 bits per heavy atom. The molecule has 1 heterocycles. The average molecular weight is 640 g/mol. The second kappa shape index (κ2) is 17.5. The lowest BCUT2D eigenvalue weighted by molar-refractivity contribution is -0.0657. The Balaban J connectivity index is 0.000000320. The smallest absolute Gasteiger partial charge is 0.408 e. The summed E-state index contributed by atoms with van der Waals surface area (Å²) < 4.78 is 16.5. The molecule has 2 aromatic carbocycles. The van der Waals surface area contributed by atoms with E-state index in [9.17, 15) is 14.4 Å². The van der Waals surface area contributed by atoms with E-state index in [-0.39, 0.29) is 36.6 Å². The third-order valence-electron chi connectivity index (χ3n) is 7.50. The Morgan fingerprint density at radius 1 is 0.957 bits per heavy atom. The largest absolute Gasteiger partial charge is 0.444 e. The molecule has 9 heteroatoms. The van der Waals surface area contributed by atoms with Gasteiger partial charge in [-0.1, -0.05) is 68.3 Å². The highest BCUT2D eigenvalue weighted by Crippen LogP contribution is 2.34. The maximum absolute atomic E-state index is 12.8. The van der Waals surface area contributed by atoms with Crippen LogP contribution in [-0.2, 0) is 14.2 Å². The van der Waals surface area contributed by atoms with Crippen LogP contribution in [0.1, 0.15) is 108 Å². The molecular weight excluding hydrogens is 582 g/mol. The van der Waals surface area contributed by atoms with Gasteiger partial charge < -0.3 is 29.7 Å². The van der Waals surface area contributed by atoms with Crippen LogP contribution in [0.5, 0.6) is 0 Å². The number of morpholine rings is 1. The number of ether oxygens (including phenoxy) is 3. The predicted molar refractivity (Wildman–Crippen MR) is 183 cm³/mol. The van der Waals surface area contributed by atoms with Gasteiger partial charge in [0.2, 0.25) is 0 Å². The number of Topliss-reactive ketones (excluding diaryl/α,β-unsaturated/α-hetero) is 1. The molecule has 0 saturated carbocycles. The number of benzene rings is 2. The summed E-state index contributed by atoms with van der Waals surface area (Å²) in [7, 11) is 0. The minimum absolute atomic E-state index is 0.0163. The zero-order chi connectivity index (χ0) is 34.5. The number of hydrogen-bond acceptors (Lipinski definition) is 6. The number of alkyl carbamates (subject to hydrolysis) is 1. The molecule has 0 bridgehead atoms. The van der Waals surface area contributed by atoms with Crippen LogP contribution in [0.4, 0.5) is 9.59 Å². The lowest BCUT2D eigenvalue weighted by Gasteiger charge is -2.47. The van der Waals surface area contributed by atoms with E-state index in [4.69, 9.17) is 14.2 Å². The molecule has 3 amide bonds. The summed E-state index contributed by atoms with van der Waals surface area (Å²) in [4.78, 5) is 38.7. The number of urea groups is 1. The standard InChI is InChI=1S/C19H30N2O2.C18H27NO4/c1-5-6-9-12-20-18(22)21-17(13-23-14-19(21,3)4)16-11-8-7-10-15(16)2;1-13-9-7-8-10-14(13)15(20)11-22-12-18(5,6)19-16(21)23-17(2,3)4/h7-8,10-11,17H,5-6,9,12-14H2,1-4H3,(H,20,22);7-10H,11-12H2,1-6H3,(H,19,21). The number of nitrogens with one attached hydrogen (secondary N) is 2. The number of carbonyl (C=O) groups is 3. The third-order valence-corrected chi connectivity index (χ3v) is 7.50. The van der Waals surface area contributed by atoms with Crippen LogP contribution in [0, 0.1) is 13.8 Å². The predicted octanol–water partition coefficient (Wildman–Crippen LogP) is 7.54. The van der Waals surface area contributed by atoms with Gasteiger partial charge in [0.1, 0.15) is 12.2 Å². The van der Waals surface area contributed by atoms with Crippen molar-refractivity contribution in [3.05, 3.63) is 70.8 Å². The van der Waals surface area contributed by atoms with Crippen molar-refractivity contribution in [1.82, 2.24) is 15.5 Å². The molecular formula is C37H57N3O6. The normalized spacial score (nSPS) is 16.1. The molecule has 1 fully saturated rings. The topological polar surface area (TPSA) is 106 Å². The second-order valence-corrected chi connectivity index (χ2v) is 14.3. The van der Waals surface area contributed by atoms with E-state index in [0.717, 1.165) is 31.4 Å². The molecule has 3 rings (SSSR count). The monoisotopic (exact) mass is 639 g/mol. The summed E-state index contributed by atoms with van der Waals surface area (Å²) in [5.41, 5.74) is 2.44. The molecule has 1 saturated heterocycles. The molecule has 9 nitrogen and oxygen atoms in total.